The molecule has 0 amide bonds. The molecule has 2 aromatic rings. The van der Waals surface area contributed by atoms with Gasteiger partial charge in [0.15, 0.2) is 0 Å². The fourth-order valence-electron chi connectivity index (χ4n) is 4.20. The van der Waals surface area contributed by atoms with Crippen LogP contribution >= 0.6 is 0 Å². The first-order valence-electron chi connectivity index (χ1n) is 10.2. The van der Waals surface area contributed by atoms with Gasteiger partial charge in [-0.2, -0.15) is 5.01 Å². The first kappa shape index (κ1) is 17.3. The van der Waals surface area contributed by atoms with Crippen LogP contribution in [0.3, 0.4) is 0 Å². The van der Waals surface area contributed by atoms with E-state index < -0.39 is 0 Å². The van der Waals surface area contributed by atoms with E-state index in [9.17, 15) is 0 Å². The highest BCUT2D eigenvalue weighted by Crippen LogP contribution is 2.23. The van der Waals surface area contributed by atoms with Gasteiger partial charge in [0, 0.05) is 39.3 Å². The van der Waals surface area contributed by atoms with E-state index in [0.29, 0.717) is 0 Å². The second-order valence-corrected chi connectivity index (χ2v) is 7.54. The molecule has 9 heteroatoms. The first-order chi connectivity index (χ1) is 13.4. The minimum atomic E-state index is 0.841. The molecule has 3 aliphatic heterocycles. The van der Waals surface area contributed by atoms with E-state index >= 15 is 0 Å². The van der Waals surface area contributed by atoms with Gasteiger partial charge in [0.2, 0.25) is 0 Å². The van der Waals surface area contributed by atoms with E-state index in [2.05, 4.69) is 30.6 Å². The lowest BCUT2D eigenvalue weighted by molar-refractivity contribution is -0.482. The molecule has 0 unspecified atom stereocenters. The molecular weight excluding hydrogens is 344 g/mol. The van der Waals surface area contributed by atoms with Crippen molar-refractivity contribution in [1.29, 1.82) is 0 Å². The van der Waals surface area contributed by atoms with Crippen LogP contribution < -0.4 is 4.94 Å². The number of hydrogen-bond donors (Lipinski definition) is 0. The summed E-state index contributed by atoms with van der Waals surface area (Å²) in [6, 6.07) is 7.92. The number of fused-ring (bicyclic) bond motifs is 1. The molecule has 5 rings (SSSR count). The minimum absolute atomic E-state index is 0.841. The van der Waals surface area contributed by atoms with Crippen molar-refractivity contribution in [2.75, 3.05) is 39.3 Å². The first-order valence-corrected chi connectivity index (χ1v) is 10.2. The second-order valence-electron chi connectivity index (χ2n) is 7.54. The Hall–Kier alpha value is -1.78. The van der Waals surface area contributed by atoms with E-state index in [-0.39, 0.29) is 0 Å². The summed E-state index contributed by atoms with van der Waals surface area (Å²) in [5.41, 5.74) is 1.72. The third-order valence-corrected chi connectivity index (χ3v) is 5.62. The predicted molar refractivity (Wildman–Crippen MR) is 100 cm³/mol. The molecule has 4 heterocycles. The van der Waals surface area contributed by atoms with Crippen molar-refractivity contribution < 1.29 is 4.94 Å². The van der Waals surface area contributed by atoms with Crippen LogP contribution in [0.25, 0.3) is 11.0 Å². The van der Waals surface area contributed by atoms with Gasteiger partial charge in [-0.15, -0.1) is 5.10 Å². The van der Waals surface area contributed by atoms with Gasteiger partial charge in [0.1, 0.15) is 11.0 Å². The topological polar surface area (TPSA) is 56.1 Å². The van der Waals surface area contributed by atoms with Crippen LogP contribution in [0.15, 0.2) is 24.3 Å². The van der Waals surface area contributed by atoms with E-state index in [1.54, 1.807) is 4.85 Å². The summed E-state index contributed by atoms with van der Waals surface area (Å²) in [6.07, 6.45) is 7.28. The van der Waals surface area contributed by atoms with Crippen LogP contribution in [0.1, 0.15) is 38.5 Å². The summed E-state index contributed by atoms with van der Waals surface area (Å²) >= 11 is 0. The zero-order valence-corrected chi connectivity index (χ0v) is 15.8. The molecule has 146 valence electrons. The summed E-state index contributed by atoms with van der Waals surface area (Å²) in [6.45, 7) is 6.21. The normalized spacial score (nSPS) is 22.7. The number of hydrogen-bond acceptors (Lipinski definition) is 8. The smallest absolute Gasteiger partial charge is 0.133 e. The Labute approximate surface area is 159 Å². The number of aromatic nitrogens is 3. The lowest BCUT2D eigenvalue weighted by atomic mass is 10.3. The molecule has 0 spiro atoms. The summed E-state index contributed by atoms with van der Waals surface area (Å²) in [4.78, 5) is 7.93. The molecular formula is C18H28N8O. The summed E-state index contributed by atoms with van der Waals surface area (Å²) < 4.78 is 0. The van der Waals surface area contributed by atoms with Crippen LogP contribution in [-0.4, -0.2) is 80.0 Å². The highest BCUT2D eigenvalue weighted by atomic mass is 16.9. The molecule has 3 aliphatic rings. The van der Waals surface area contributed by atoms with Crippen LogP contribution in [0.5, 0.6) is 0 Å². The molecule has 0 N–H and O–H groups in total. The van der Waals surface area contributed by atoms with Crippen molar-refractivity contribution in [3.05, 3.63) is 24.3 Å². The monoisotopic (exact) mass is 372 g/mol. The standard InChI is InChI=1S/C18H28N8O/c1-2-10-18-17(9-1)19-20-24(18)27-26(23-15-7-8-16-23)25(21-11-3-4-12-21)22-13-5-6-14-22/h1-2,9-10H,3-8,11-16H2. The average molecular weight is 372 g/mol. The zero-order valence-electron chi connectivity index (χ0n) is 15.8. The van der Waals surface area contributed by atoms with Crippen LogP contribution in [-0.2, 0) is 0 Å². The molecule has 0 atom stereocenters. The molecule has 0 aliphatic carbocycles. The van der Waals surface area contributed by atoms with Crippen LogP contribution in [0, 0.1) is 0 Å². The van der Waals surface area contributed by atoms with Crippen LogP contribution in [0.4, 0.5) is 0 Å². The third-order valence-electron chi connectivity index (χ3n) is 5.62. The molecule has 1 aromatic carbocycles. The SMILES string of the molecule is c1ccc2c(c1)nnn2ON(N1CCCC1)N(N1CCCC1)N1CCCC1. The van der Waals surface area contributed by atoms with E-state index in [1.807, 2.05) is 29.5 Å². The van der Waals surface area contributed by atoms with Gasteiger partial charge < -0.3 is 0 Å². The maximum absolute atomic E-state index is 6.38. The Morgan fingerprint density at radius 3 is 1.93 bits per heavy atom. The predicted octanol–water partition coefficient (Wildman–Crippen LogP) is 1.33. The van der Waals surface area contributed by atoms with Gasteiger partial charge in [-0.25, -0.2) is 10.0 Å². The lowest BCUT2D eigenvalue weighted by Gasteiger charge is -2.45. The van der Waals surface area contributed by atoms with Crippen molar-refractivity contribution in [3.8, 4) is 0 Å². The van der Waals surface area contributed by atoms with Crippen molar-refractivity contribution in [2.45, 2.75) is 38.5 Å². The second kappa shape index (κ2) is 7.69. The summed E-state index contributed by atoms with van der Waals surface area (Å²) in [7, 11) is 0. The van der Waals surface area contributed by atoms with Crippen molar-refractivity contribution in [2.24, 2.45) is 0 Å². The number of para-hydroxylation sites is 1. The zero-order chi connectivity index (χ0) is 18.1. The number of nitrogens with zero attached hydrogens (tertiary/aromatic N) is 8. The Kier molecular flexibility index (Phi) is 4.93. The summed E-state index contributed by atoms with van der Waals surface area (Å²) in [5.74, 6) is 0. The van der Waals surface area contributed by atoms with Gasteiger partial charge >= 0.3 is 0 Å². The third kappa shape index (κ3) is 3.41. The number of hydrazine groups is 4. The molecule has 1 aromatic heterocycles. The van der Waals surface area contributed by atoms with Crippen molar-refractivity contribution in [3.63, 3.8) is 0 Å². The van der Waals surface area contributed by atoms with Gasteiger partial charge in [-0.1, -0.05) is 22.2 Å². The van der Waals surface area contributed by atoms with E-state index in [1.165, 1.54) is 38.5 Å². The maximum atomic E-state index is 6.38. The fourth-order valence-corrected chi connectivity index (χ4v) is 4.20. The molecule has 27 heavy (non-hydrogen) atoms. The highest BCUT2D eigenvalue weighted by Gasteiger charge is 2.38. The minimum Gasteiger partial charge on any atom is -0.262 e. The van der Waals surface area contributed by atoms with Crippen LogP contribution in [0.2, 0.25) is 0 Å². The van der Waals surface area contributed by atoms with E-state index in [0.717, 1.165) is 50.3 Å². The molecule has 3 saturated heterocycles. The highest BCUT2D eigenvalue weighted by molar-refractivity contribution is 5.73. The number of rotatable bonds is 6. The Morgan fingerprint density at radius 2 is 1.30 bits per heavy atom. The van der Waals surface area contributed by atoms with Gasteiger partial charge in [-0.3, -0.25) is 4.94 Å². The number of benzene rings is 1. The maximum Gasteiger partial charge on any atom is 0.133 e. The largest absolute Gasteiger partial charge is 0.262 e. The summed E-state index contributed by atoms with van der Waals surface area (Å²) in [5, 5.41) is 19.8. The molecule has 0 radical (unpaired) electrons. The van der Waals surface area contributed by atoms with Crippen molar-refractivity contribution >= 4 is 11.0 Å². The van der Waals surface area contributed by atoms with Gasteiger partial charge in [0.25, 0.3) is 0 Å². The molecule has 0 saturated carbocycles. The Morgan fingerprint density at radius 1 is 0.741 bits per heavy atom. The molecule has 9 nitrogen and oxygen atoms in total. The lowest BCUT2D eigenvalue weighted by Crippen LogP contribution is -2.66. The van der Waals surface area contributed by atoms with Gasteiger partial charge in [0.05, 0.1) is 5.28 Å². The van der Waals surface area contributed by atoms with Gasteiger partial charge in [-0.05, 0) is 55.9 Å². The quantitative estimate of drug-likeness (QED) is 0.704. The fraction of sp³-hybridized carbons (Fsp3) is 0.667. The average Bonchev–Trinajstić information content (AvgIpc) is 3.49. The van der Waals surface area contributed by atoms with Crippen molar-refractivity contribution in [1.82, 2.24) is 40.7 Å². The molecule has 0 bridgehead atoms. The Bertz CT molecular complexity index is 733. The molecule has 3 fully saturated rings. The van der Waals surface area contributed by atoms with E-state index in [4.69, 9.17) is 4.94 Å². The Balaban J connectivity index is 1.48.